The fourth-order valence-electron chi connectivity index (χ4n) is 2.50. The van der Waals surface area contributed by atoms with E-state index in [1.807, 2.05) is 0 Å². The zero-order valence-corrected chi connectivity index (χ0v) is 16.9. The maximum atomic E-state index is 11.1. The molecule has 29 heavy (non-hydrogen) atoms. The minimum atomic E-state index is -1.49. The number of thioether (sulfide) groups is 1. The summed E-state index contributed by atoms with van der Waals surface area (Å²) in [5.74, 6) is 0.0257. The van der Waals surface area contributed by atoms with Gasteiger partial charge in [-0.25, -0.2) is 0 Å². The molecule has 0 unspecified atom stereocenters. The third-order valence-electron chi connectivity index (χ3n) is 3.98. The molecule has 1 fully saturated rings. The van der Waals surface area contributed by atoms with Crippen LogP contribution >= 0.6 is 34.7 Å². The Balaban J connectivity index is 1.64. The van der Waals surface area contributed by atoms with Crippen molar-refractivity contribution in [2.24, 2.45) is 0 Å². The Morgan fingerprint density at radius 2 is 2.03 bits per heavy atom. The van der Waals surface area contributed by atoms with E-state index in [1.165, 1.54) is 18.2 Å². The maximum Gasteiger partial charge on any atom is 0.312 e. The molecule has 1 aliphatic heterocycles. The van der Waals surface area contributed by atoms with Crippen LogP contribution in [-0.4, -0.2) is 72.0 Å². The number of aromatic nitrogens is 2. The van der Waals surface area contributed by atoms with Crippen LogP contribution in [0.1, 0.15) is 5.01 Å². The van der Waals surface area contributed by atoms with Gasteiger partial charge in [0.25, 0.3) is 0 Å². The average molecular weight is 466 g/mol. The molecule has 1 aliphatic rings. The van der Waals surface area contributed by atoms with Gasteiger partial charge in [0.05, 0.1) is 11.5 Å². The molecule has 1 saturated heterocycles. The lowest BCUT2D eigenvalue weighted by Crippen LogP contribution is -2.57. The molecule has 14 heteroatoms. The third kappa shape index (κ3) is 5.13. The summed E-state index contributed by atoms with van der Waals surface area (Å²) in [6.07, 6.45) is -5.36. The number of hydrogen-bond donors (Lipinski definition) is 4. The summed E-state index contributed by atoms with van der Waals surface area (Å²) in [5, 5.41) is 58.5. The predicted molar refractivity (Wildman–Crippen MR) is 102 cm³/mol. The van der Waals surface area contributed by atoms with Crippen molar-refractivity contribution in [3.05, 3.63) is 38.3 Å². The van der Waals surface area contributed by atoms with Crippen LogP contribution in [0.15, 0.2) is 22.5 Å². The van der Waals surface area contributed by atoms with Gasteiger partial charge in [0.1, 0.15) is 36.5 Å². The van der Waals surface area contributed by atoms with Gasteiger partial charge in [-0.2, -0.15) is 0 Å². The highest BCUT2D eigenvalue weighted by molar-refractivity contribution is 8.01. The van der Waals surface area contributed by atoms with Gasteiger partial charge in [-0.3, -0.25) is 10.1 Å². The third-order valence-corrected chi connectivity index (χ3v) is 6.35. The number of aliphatic hydroxyl groups excluding tert-OH is 4. The van der Waals surface area contributed by atoms with Crippen molar-refractivity contribution in [1.29, 1.82) is 0 Å². The van der Waals surface area contributed by atoms with Crippen molar-refractivity contribution >= 4 is 40.4 Å². The molecule has 0 amide bonds. The Morgan fingerprint density at radius 3 is 2.72 bits per heavy atom. The first-order chi connectivity index (χ1) is 13.8. The number of rotatable bonds is 7. The quantitative estimate of drug-likeness (QED) is 0.333. The molecule has 0 spiro atoms. The molecule has 0 radical (unpaired) electrons. The number of benzene rings is 1. The fraction of sp³-hybridized carbons (Fsp3) is 0.467. The van der Waals surface area contributed by atoms with Crippen LogP contribution in [-0.2, 0) is 11.3 Å². The second-order valence-corrected chi connectivity index (χ2v) is 8.78. The Hall–Kier alpha value is -1.58. The standard InChI is InChI=1S/C15H16ClN3O8S2/c16-6-1-2-8(7(3-6)19(24)25)26-5-10-17-18-15(28-10)29-14-13(23)12(22)11(21)9(4-20)27-14/h1-3,9,11-14,20-23H,4-5H2/t9-,11+,12+,13-,14+/m1/s1. The number of nitro groups is 1. The van der Waals surface area contributed by atoms with E-state index in [9.17, 15) is 30.5 Å². The summed E-state index contributed by atoms with van der Waals surface area (Å²) in [6.45, 7) is -0.619. The number of hydrogen-bond acceptors (Lipinski definition) is 12. The van der Waals surface area contributed by atoms with Gasteiger partial charge in [0.15, 0.2) is 15.1 Å². The smallest absolute Gasteiger partial charge is 0.312 e. The van der Waals surface area contributed by atoms with Crippen LogP contribution < -0.4 is 4.74 Å². The molecule has 0 bridgehead atoms. The van der Waals surface area contributed by atoms with E-state index in [2.05, 4.69) is 10.2 Å². The second kappa shape index (κ2) is 9.49. The summed E-state index contributed by atoms with van der Waals surface area (Å²) in [7, 11) is 0. The van der Waals surface area contributed by atoms with Crippen LogP contribution in [0.4, 0.5) is 5.69 Å². The van der Waals surface area contributed by atoms with E-state index in [1.54, 1.807) is 0 Å². The lowest BCUT2D eigenvalue weighted by Gasteiger charge is -2.39. The van der Waals surface area contributed by atoms with Gasteiger partial charge in [-0.05, 0) is 12.1 Å². The molecular weight excluding hydrogens is 450 g/mol. The van der Waals surface area contributed by atoms with Crippen molar-refractivity contribution in [3.8, 4) is 5.75 Å². The lowest BCUT2D eigenvalue weighted by atomic mass is 10.0. The molecule has 1 aromatic heterocycles. The first-order valence-electron chi connectivity index (χ1n) is 8.16. The van der Waals surface area contributed by atoms with Gasteiger partial charge in [0, 0.05) is 11.1 Å². The molecule has 2 aromatic rings. The zero-order chi connectivity index (χ0) is 21.1. The lowest BCUT2D eigenvalue weighted by molar-refractivity contribution is -0.385. The fourth-order valence-corrected chi connectivity index (χ4v) is 4.70. The minimum absolute atomic E-state index is 0.0257. The number of ether oxygens (including phenoxy) is 2. The summed E-state index contributed by atoms with van der Waals surface area (Å²) in [6, 6.07) is 4.02. The molecular formula is C15H16ClN3O8S2. The predicted octanol–water partition coefficient (Wildman–Crippen LogP) is 0.571. The van der Waals surface area contributed by atoms with E-state index in [4.69, 9.17) is 21.1 Å². The first-order valence-corrected chi connectivity index (χ1v) is 10.2. The van der Waals surface area contributed by atoms with Crippen LogP contribution in [0.2, 0.25) is 5.02 Å². The highest BCUT2D eigenvalue weighted by atomic mass is 35.5. The molecule has 0 saturated carbocycles. The number of halogens is 1. The van der Waals surface area contributed by atoms with E-state index < -0.39 is 41.4 Å². The van der Waals surface area contributed by atoms with Gasteiger partial charge in [-0.15, -0.1) is 10.2 Å². The highest BCUT2D eigenvalue weighted by Gasteiger charge is 2.44. The molecule has 5 atom stereocenters. The normalized spacial score (nSPS) is 27.0. The molecule has 11 nitrogen and oxygen atoms in total. The number of nitro benzene ring substituents is 1. The van der Waals surface area contributed by atoms with Crippen LogP contribution in [0.3, 0.4) is 0 Å². The van der Waals surface area contributed by atoms with Crippen LogP contribution in [0.25, 0.3) is 0 Å². The van der Waals surface area contributed by atoms with Gasteiger partial charge in [-0.1, -0.05) is 34.7 Å². The summed E-state index contributed by atoms with van der Waals surface area (Å²) < 4.78 is 11.2. The maximum absolute atomic E-state index is 11.1. The molecule has 1 aromatic carbocycles. The van der Waals surface area contributed by atoms with Crippen molar-refractivity contribution in [1.82, 2.24) is 10.2 Å². The van der Waals surface area contributed by atoms with Gasteiger partial charge < -0.3 is 29.9 Å². The van der Waals surface area contributed by atoms with Crippen molar-refractivity contribution in [2.45, 2.75) is 40.8 Å². The Labute approximate surface area is 177 Å². The van der Waals surface area contributed by atoms with Crippen molar-refractivity contribution in [2.75, 3.05) is 6.61 Å². The summed E-state index contributed by atoms with van der Waals surface area (Å²) in [5.41, 5.74) is -1.26. The Kier molecular flexibility index (Phi) is 7.23. The van der Waals surface area contributed by atoms with E-state index in [0.717, 1.165) is 23.1 Å². The van der Waals surface area contributed by atoms with E-state index in [0.29, 0.717) is 9.35 Å². The summed E-state index contributed by atoms with van der Waals surface area (Å²) >= 11 is 7.82. The Morgan fingerprint density at radius 1 is 1.28 bits per heavy atom. The molecule has 158 valence electrons. The van der Waals surface area contributed by atoms with E-state index >= 15 is 0 Å². The SMILES string of the molecule is O=[N+]([O-])c1cc(Cl)ccc1OCc1nnc(S[C@@H]2O[C@H](CO)[C@H](O)[C@H](O)[C@H]2O)s1. The highest BCUT2D eigenvalue weighted by Crippen LogP contribution is 2.35. The minimum Gasteiger partial charge on any atom is -0.479 e. The topological polar surface area (TPSA) is 168 Å². The van der Waals surface area contributed by atoms with Crippen LogP contribution in [0.5, 0.6) is 5.75 Å². The number of nitrogens with zero attached hydrogens (tertiary/aromatic N) is 3. The van der Waals surface area contributed by atoms with E-state index in [-0.39, 0.29) is 23.1 Å². The zero-order valence-electron chi connectivity index (χ0n) is 14.5. The molecule has 0 aliphatic carbocycles. The van der Waals surface area contributed by atoms with Gasteiger partial charge >= 0.3 is 5.69 Å². The molecule has 2 heterocycles. The van der Waals surface area contributed by atoms with Crippen LogP contribution in [0, 0.1) is 10.1 Å². The summed E-state index contributed by atoms with van der Waals surface area (Å²) in [4.78, 5) is 10.5. The van der Waals surface area contributed by atoms with Gasteiger partial charge in [0.2, 0.25) is 0 Å². The van der Waals surface area contributed by atoms with Crippen molar-refractivity contribution < 1.29 is 34.8 Å². The second-order valence-electron chi connectivity index (χ2n) is 5.93. The largest absolute Gasteiger partial charge is 0.479 e. The average Bonchev–Trinajstić information content (AvgIpc) is 3.14. The number of aliphatic hydroxyl groups is 4. The molecule has 4 N–H and O–H groups in total. The Bertz CT molecular complexity index is 870. The monoisotopic (exact) mass is 465 g/mol. The molecule has 3 rings (SSSR count). The van der Waals surface area contributed by atoms with Crippen molar-refractivity contribution in [3.63, 3.8) is 0 Å². The first kappa shape index (κ1) is 22.1.